The van der Waals surface area contributed by atoms with Gasteiger partial charge < -0.3 is 10.1 Å². The number of benzene rings is 3. The number of nitrogens with one attached hydrogen (secondary N) is 1. The summed E-state index contributed by atoms with van der Waals surface area (Å²) in [7, 11) is -2.67. The van der Waals surface area contributed by atoms with Crippen molar-refractivity contribution in [2.75, 3.05) is 24.5 Å². The largest absolute Gasteiger partial charge is 0.492 e. The summed E-state index contributed by atoms with van der Waals surface area (Å²) in [5.74, 6) is -0.00881. The van der Waals surface area contributed by atoms with Crippen molar-refractivity contribution in [3.8, 4) is 5.75 Å². The molecule has 3 aromatic carbocycles. The number of rotatable bonds is 7. The molecule has 1 aliphatic heterocycles. The Labute approximate surface area is 204 Å². The Hall–Kier alpha value is -3.29. The van der Waals surface area contributed by atoms with Crippen molar-refractivity contribution in [2.45, 2.75) is 13.3 Å². The summed E-state index contributed by atoms with van der Waals surface area (Å²) in [5, 5.41) is 3.15. The van der Waals surface area contributed by atoms with E-state index in [2.05, 4.69) is 12.2 Å². The van der Waals surface area contributed by atoms with Gasteiger partial charge in [0.05, 0.1) is 12.2 Å². The molecule has 6 nitrogen and oxygen atoms in total. The Morgan fingerprint density at radius 2 is 1.74 bits per heavy atom. The molecule has 0 aromatic heterocycles. The van der Waals surface area contributed by atoms with Crippen LogP contribution in [-0.4, -0.2) is 34.5 Å². The molecular weight excluding hydrogens is 472 g/mol. The van der Waals surface area contributed by atoms with Crippen LogP contribution in [0.1, 0.15) is 23.6 Å². The van der Waals surface area contributed by atoms with Crippen LogP contribution in [-0.2, 0) is 21.2 Å². The van der Waals surface area contributed by atoms with E-state index in [0.29, 0.717) is 33.2 Å². The number of sulfonamides is 1. The van der Waals surface area contributed by atoms with Gasteiger partial charge in [0, 0.05) is 23.2 Å². The van der Waals surface area contributed by atoms with Gasteiger partial charge in [0.15, 0.2) is 4.91 Å². The van der Waals surface area contributed by atoms with E-state index >= 15 is 0 Å². The number of ether oxygens (including phenoxy) is 1. The Balaban J connectivity index is 1.65. The van der Waals surface area contributed by atoms with Gasteiger partial charge >= 0.3 is 0 Å². The van der Waals surface area contributed by atoms with Crippen molar-refractivity contribution >= 4 is 38.8 Å². The standard InChI is InChI=1S/C26H25ClN2O4S/c1-3-18-9-12-21(13-10-18)33-16-15-28-26(30)25-24(19-7-5-4-6-8-19)22-17-20(27)11-14-23(22)29(2)34(25,31)32/h4-14,17H,3,15-16H2,1-2H3,(H,28,30). The molecule has 3 aromatic rings. The van der Waals surface area contributed by atoms with Crippen molar-refractivity contribution in [2.24, 2.45) is 0 Å². The first-order valence-electron chi connectivity index (χ1n) is 10.9. The van der Waals surface area contributed by atoms with Gasteiger partial charge in [-0.3, -0.25) is 9.10 Å². The van der Waals surface area contributed by atoms with Gasteiger partial charge in [-0.15, -0.1) is 0 Å². The van der Waals surface area contributed by atoms with E-state index in [-0.39, 0.29) is 18.1 Å². The second-order valence-corrected chi connectivity index (χ2v) is 10.1. The topological polar surface area (TPSA) is 75.7 Å². The SMILES string of the molecule is CCc1ccc(OCCNC(=O)C2=C(c3ccccc3)c3cc(Cl)ccc3N(C)S2(=O)=O)cc1. The fourth-order valence-corrected chi connectivity index (χ4v) is 5.51. The molecule has 1 N–H and O–H groups in total. The molecule has 8 heteroatoms. The van der Waals surface area contributed by atoms with Crippen molar-refractivity contribution in [1.29, 1.82) is 0 Å². The van der Waals surface area contributed by atoms with Crippen LogP contribution in [0.3, 0.4) is 0 Å². The predicted octanol–water partition coefficient (Wildman–Crippen LogP) is 4.64. The van der Waals surface area contributed by atoms with Gasteiger partial charge in [-0.1, -0.05) is 61.0 Å². The summed E-state index contributed by atoms with van der Waals surface area (Å²) in [6.45, 7) is 2.41. The van der Waals surface area contributed by atoms with Crippen molar-refractivity contribution in [1.82, 2.24) is 5.32 Å². The van der Waals surface area contributed by atoms with Crippen LogP contribution in [0.15, 0.2) is 77.7 Å². The van der Waals surface area contributed by atoms with Crippen molar-refractivity contribution < 1.29 is 17.9 Å². The average molecular weight is 497 g/mol. The zero-order valence-electron chi connectivity index (χ0n) is 18.9. The predicted molar refractivity (Wildman–Crippen MR) is 136 cm³/mol. The highest BCUT2D eigenvalue weighted by Gasteiger charge is 2.39. The molecule has 1 aliphatic rings. The zero-order chi connectivity index (χ0) is 24.3. The number of amides is 1. The number of anilines is 1. The van der Waals surface area contributed by atoms with Crippen LogP contribution in [0.4, 0.5) is 5.69 Å². The number of nitrogens with zero attached hydrogens (tertiary/aromatic N) is 1. The van der Waals surface area contributed by atoms with Gasteiger partial charge in [-0.25, -0.2) is 8.42 Å². The minimum atomic E-state index is -4.11. The van der Waals surface area contributed by atoms with Crippen LogP contribution in [0.5, 0.6) is 5.75 Å². The summed E-state index contributed by atoms with van der Waals surface area (Å²) < 4.78 is 33.7. The zero-order valence-corrected chi connectivity index (χ0v) is 20.5. The molecule has 0 atom stereocenters. The third-order valence-corrected chi connectivity index (χ3v) is 7.73. The Bertz CT molecular complexity index is 1340. The van der Waals surface area contributed by atoms with Gasteiger partial charge in [0.25, 0.3) is 15.9 Å². The highest BCUT2D eigenvalue weighted by atomic mass is 35.5. The van der Waals surface area contributed by atoms with E-state index in [0.717, 1.165) is 10.7 Å². The lowest BCUT2D eigenvalue weighted by atomic mass is 9.95. The smallest absolute Gasteiger partial charge is 0.270 e. The lowest BCUT2D eigenvalue weighted by Gasteiger charge is -2.31. The maximum atomic E-state index is 13.4. The maximum Gasteiger partial charge on any atom is 0.270 e. The molecule has 4 rings (SSSR count). The molecule has 34 heavy (non-hydrogen) atoms. The van der Waals surface area contributed by atoms with E-state index in [9.17, 15) is 13.2 Å². The molecule has 0 radical (unpaired) electrons. The number of fused-ring (bicyclic) bond motifs is 1. The maximum absolute atomic E-state index is 13.4. The molecule has 176 valence electrons. The normalized spacial score (nSPS) is 14.5. The average Bonchev–Trinajstić information content (AvgIpc) is 2.84. The van der Waals surface area contributed by atoms with Crippen LogP contribution >= 0.6 is 11.6 Å². The number of halogens is 1. The van der Waals surface area contributed by atoms with Crippen LogP contribution in [0.2, 0.25) is 5.02 Å². The Morgan fingerprint density at radius 3 is 2.41 bits per heavy atom. The number of carbonyl (C=O) groups is 1. The Kier molecular flexibility index (Phi) is 6.95. The quantitative estimate of drug-likeness (QED) is 0.484. The third kappa shape index (κ3) is 4.67. The molecule has 1 heterocycles. The summed E-state index contributed by atoms with van der Waals surface area (Å²) in [5.41, 5.74) is 3.17. The van der Waals surface area contributed by atoms with E-state index in [4.69, 9.17) is 16.3 Å². The highest BCUT2D eigenvalue weighted by Crippen LogP contribution is 2.43. The minimum Gasteiger partial charge on any atom is -0.492 e. The van der Waals surface area contributed by atoms with E-state index < -0.39 is 15.9 Å². The van der Waals surface area contributed by atoms with Crippen LogP contribution in [0, 0.1) is 0 Å². The summed E-state index contributed by atoms with van der Waals surface area (Å²) in [6, 6.07) is 21.6. The second kappa shape index (κ2) is 9.91. The van der Waals surface area contributed by atoms with Crippen LogP contribution in [0.25, 0.3) is 5.57 Å². The lowest BCUT2D eigenvalue weighted by molar-refractivity contribution is -0.116. The highest BCUT2D eigenvalue weighted by molar-refractivity contribution is 7.97. The second-order valence-electron chi connectivity index (χ2n) is 7.81. The summed E-state index contributed by atoms with van der Waals surface area (Å²) in [4.78, 5) is 13.0. The summed E-state index contributed by atoms with van der Waals surface area (Å²) >= 11 is 6.25. The molecular formula is C26H25ClN2O4S. The number of hydrogen-bond acceptors (Lipinski definition) is 4. The molecule has 0 aliphatic carbocycles. The van der Waals surface area contributed by atoms with Gasteiger partial charge in [0.2, 0.25) is 0 Å². The monoisotopic (exact) mass is 496 g/mol. The first kappa shape index (κ1) is 23.9. The number of hydrogen-bond donors (Lipinski definition) is 1. The van der Waals surface area contributed by atoms with E-state index in [1.165, 1.54) is 12.6 Å². The lowest BCUT2D eigenvalue weighted by Crippen LogP contribution is -2.40. The first-order valence-corrected chi connectivity index (χ1v) is 12.7. The van der Waals surface area contributed by atoms with E-state index in [1.807, 2.05) is 30.3 Å². The molecule has 0 saturated heterocycles. The minimum absolute atomic E-state index is 0.140. The van der Waals surface area contributed by atoms with Crippen molar-refractivity contribution in [3.05, 3.63) is 99.4 Å². The van der Waals surface area contributed by atoms with Gasteiger partial charge in [-0.05, 0) is 47.9 Å². The summed E-state index contributed by atoms with van der Waals surface area (Å²) in [6.07, 6.45) is 0.937. The molecule has 1 amide bonds. The molecule has 0 bridgehead atoms. The Morgan fingerprint density at radius 1 is 1.03 bits per heavy atom. The fraction of sp³-hybridized carbons (Fsp3) is 0.192. The first-order chi connectivity index (χ1) is 16.3. The number of carbonyl (C=O) groups excluding carboxylic acids is 1. The molecule has 0 fully saturated rings. The fourth-order valence-electron chi connectivity index (χ4n) is 3.86. The van der Waals surface area contributed by atoms with E-state index in [1.54, 1.807) is 42.5 Å². The molecule has 0 saturated carbocycles. The number of aryl methyl sites for hydroxylation is 1. The molecule has 0 spiro atoms. The third-order valence-electron chi connectivity index (χ3n) is 5.67. The van der Waals surface area contributed by atoms with Crippen molar-refractivity contribution in [3.63, 3.8) is 0 Å². The van der Waals surface area contributed by atoms with Crippen LogP contribution < -0.4 is 14.4 Å². The molecule has 0 unspecified atom stereocenters. The van der Waals surface area contributed by atoms with Gasteiger partial charge in [-0.2, -0.15) is 0 Å². The van der Waals surface area contributed by atoms with Gasteiger partial charge in [0.1, 0.15) is 12.4 Å².